The molecule has 1 aliphatic carbocycles. The van der Waals surface area contributed by atoms with E-state index in [1.807, 2.05) is 12.1 Å². The summed E-state index contributed by atoms with van der Waals surface area (Å²) in [5.41, 5.74) is 10.2. The first-order chi connectivity index (χ1) is 20.9. The number of aromatic amines is 1. The molecule has 6 nitrogen and oxygen atoms in total. The Balaban J connectivity index is 1.19. The molecule has 0 bridgehead atoms. The van der Waals surface area contributed by atoms with Crippen molar-refractivity contribution in [1.82, 2.24) is 9.97 Å². The van der Waals surface area contributed by atoms with Crippen molar-refractivity contribution in [3.8, 4) is 33.0 Å². The number of fused-ring (bicyclic) bond motifs is 3. The lowest BCUT2D eigenvalue weighted by Gasteiger charge is -2.16. The maximum Gasteiger partial charge on any atom is 0.341 e. The number of hydrogen-bond acceptors (Lipinski definition) is 6. The number of anilines is 1. The lowest BCUT2D eigenvalue weighted by Crippen LogP contribution is -2.16. The van der Waals surface area contributed by atoms with Gasteiger partial charge in [-0.3, -0.25) is 4.79 Å². The second-order valence-corrected chi connectivity index (χ2v) is 12.7. The summed E-state index contributed by atoms with van der Waals surface area (Å²) in [6, 6.07) is 25.0. The SMILES string of the molecule is CCOC(=O)c1c(NC(=O)CCSc2nc(-c3ccc(C)cc3)c(-c3ccc(C)cc3)[nH]2)sc2c1CCc1ccccc1-2. The molecule has 0 fully saturated rings. The van der Waals surface area contributed by atoms with Crippen LogP contribution in [0.2, 0.25) is 0 Å². The zero-order valence-corrected chi connectivity index (χ0v) is 26.1. The van der Waals surface area contributed by atoms with Crippen LogP contribution in [0, 0.1) is 13.8 Å². The molecule has 1 amide bonds. The zero-order valence-electron chi connectivity index (χ0n) is 24.5. The number of H-pyrrole nitrogens is 1. The molecule has 8 heteroatoms. The number of ether oxygens (including phenoxy) is 1. The van der Waals surface area contributed by atoms with Crippen LogP contribution in [0.4, 0.5) is 5.00 Å². The Hall–Kier alpha value is -4.14. The van der Waals surface area contributed by atoms with E-state index in [-0.39, 0.29) is 24.9 Å². The van der Waals surface area contributed by atoms with Crippen LogP contribution in [0.15, 0.2) is 78.0 Å². The van der Waals surface area contributed by atoms with Crippen molar-refractivity contribution in [3.05, 3.63) is 101 Å². The Labute approximate surface area is 259 Å². The van der Waals surface area contributed by atoms with Gasteiger partial charge in [-0.2, -0.15) is 0 Å². The number of aromatic nitrogens is 2. The van der Waals surface area contributed by atoms with Crippen LogP contribution in [-0.2, 0) is 22.4 Å². The molecule has 0 radical (unpaired) electrons. The van der Waals surface area contributed by atoms with Gasteiger partial charge >= 0.3 is 5.97 Å². The average molecular weight is 608 g/mol. The van der Waals surface area contributed by atoms with E-state index in [1.165, 1.54) is 39.8 Å². The van der Waals surface area contributed by atoms with Crippen LogP contribution in [-0.4, -0.2) is 34.2 Å². The number of esters is 1. The van der Waals surface area contributed by atoms with Gasteiger partial charge in [0.25, 0.3) is 0 Å². The van der Waals surface area contributed by atoms with E-state index in [9.17, 15) is 9.59 Å². The summed E-state index contributed by atoms with van der Waals surface area (Å²) in [4.78, 5) is 35.6. The van der Waals surface area contributed by atoms with Crippen molar-refractivity contribution < 1.29 is 14.3 Å². The molecule has 2 heterocycles. The van der Waals surface area contributed by atoms with E-state index >= 15 is 0 Å². The molecule has 5 aromatic rings. The number of nitrogens with one attached hydrogen (secondary N) is 2. The third-order valence-electron chi connectivity index (χ3n) is 7.56. The third kappa shape index (κ3) is 6.17. The van der Waals surface area contributed by atoms with E-state index in [1.54, 1.807) is 6.92 Å². The number of rotatable bonds is 9. The molecule has 1 aliphatic rings. The number of amides is 1. The number of thiophene rings is 1. The van der Waals surface area contributed by atoms with Crippen LogP contribution >= 0.6 is 23.1 Å². The summed E-state index contributed by atoms with van der Waals surface area (Å²) in [6.45, 7) is 6.22. The van der Waals surface area contributed by atoms with Crippen molar-refractivity contribution in [2.45, 2.75) is 45.2 Å². The van der Waals surface area contributed by atoms with Crippen LogP contribution in [0.3, 0.4) is 0 Å². The van der Waals surface area contributed by atoms with Crippen molar-refractivity contribution in [2.75, 3.05) is 17.7 Å². The Kier molecular flexibility index (Phi) is 8.49. The van der Waals surface area contributed by atoms with Gasteiger partial charge in [0.1, 0.15) is 5.00 Å². The highest BCUT2D eigenvalue weighted by molar-refractivity contribution is 7.99. The van der Waals surface area contributed by atoms with Gasteiger partial charge < -0.3 is 15.0 Å². The standard InChI is InChI=1S/C35H33N3O3S2/c1-4-41-34(40)29-27-18-17-23-7-5-6-8-26(23)32(27)43-33(29)36-28(39)19-20-42-35-37-30(24-13-9-21(2)10-14-24)31(38-35)25-15-11-22(3)12-16-25/h5-16H,4,17-20H2,1-3H3,(H,36,39)(H,37,38). The lowest BCUT2D eigenvalue weighted by atomic mass is 9.89. The van der Waals surface area contributed by atoms with E-state index < -0.39 is 0 Å². The van der Waals surface area contributed by atoms with Gasteiger partial charge in [-0.05, 0) is 50.3 Å². The number of benzene rings is 3. The van der Waals surface area contributed by atoms with Crippen LogP contribution < -0.4 is 5.32 Å². The Morgan fingerprint density at radius 3 is 2.37 bits per heavy atom. The minimum atomic E-state index is -0.382. The van der Waals surface area contributed by atoms with Crippen LogP contribution in [0.25, 0.3) is 33.0 Å². The first kappa shape index (κ1) is 29.0. The summed E-state index contributed by atoms with van der Waals surface area (Å²) in [5, 5.41) is 4.36. The first-order valence-electron chi connectivity index (χ1n) is 14.5. The van der Waals surface area contributed by atoms with Crippen LogP contribution in [0.1, 0.15) is 46.0 Å². The van der Waals surface area contributed by atoms with Gasteiger partial charge in [0.15, 0.2) is 5.16 Å². The molecule has 2 aromatic heterocycles. The predicted octanol–water partition coefficient (Wildman–Crippen LogP) is 8.49. The second kappa shape index (κ2) is 12.6. The molecule has 2 N–H and O–H groups in total. The summed E-state index contributed by atoms with van der Waals surface area (Å²) < 4.78 is 5.40. The fourth-order valence-corrected chi connectivity index (χ4v) is 7.47. The zero-order chi connectivity index (χ0) is 29.9. The fourth-order valence-electron chi connectivity index (χ4n) is 5.35. The minimum absolute atomic E-state index is 0.144. The van der Waals surface area contributed by atoms with Gasteiger partial charge in [0, 0.05) is 28.2 Å². The number of thioether (sulfide) groups is 1. The molecule has 0 saturated heterocycles. The topological polar surface area (TPSA) is 84.1 Å². The van der Waals surface area contributed by atoms with Gasteiger partial charge in [-0.1, -0.05) is 95.7 Å². The first-order valence-corrected chi connectivity index (χ1v) is 16.3. The third-order valence-corrected chi connectivity index (χ3v) is 9.62. The molecular formula is C35H33N3O3S2. The van der Waals surface area contributed by atoms with Crippen LogP contribution in [0.5, 0.6) is 0 Å². The lowest BCUT2D eigenvalue weighted by molar-refractivity contribution is -0.115. The number of hydrogen-bond donors (Lipinski definition) is 2. The predicted molar refractivity (Wildman–Crippen MR) is 176 cm³/mol. The van der Waals surface area contributed by atoms with Gasteiger partial charge in [0.05, 0.1) is 23.6 Å². The van der Waals surface area contributed by atoms with Gasteiger partial charge in [-0.15, -0.1) is 11.3 Å². The van der Waals surface area contributed by atoms with Crippen molar-refractivity contribution in [3.63, 3.8) is 0 Å². The number of imidazole rings is 1. The molecule has 0 aliphatic heterocycles. The molecule has 218 valence electrons. The molecule has 0 spiro atoms. The smallest absolute Gasteiger partial charge is 0.341 e. The van der Waals surface area contributed by atoms with Gasteiger partial charge in [0.2, 0.25) is 5.91 Å². The van der Waals surface area contributed by atoms with Crippen molar-refractivity contribution in [1.29, 1.82) is 0 Å². The summed E-state index contributed by atoms with van der Waals surface area (Å²) in [6.07, 6.45) is 1.87. The Morgan fingerprint density at radius 2 is 1.65 bits per heavy atom. The molecule has 3 aromatic carbocycles. The van der Waals surface area contributed by atoms with E-state index in [2.05, 4.69) is 84.8 Å². The number of aryl methyl sites for hydroxylation is 3. The molecule has 6 rings (SSSR count). The summed E-state index contributed by atoms with van der Waals surface area (Å²) in [7, 11) is 0. The van der Waals surface area contributed by atoms with E-state index in [0.29, 0.717) is 16.3 Å². The number of nitrogens with zero attached hydrogens (tertiary/aromatic N) is 1. The highest BCUT2D eigenvalue weighted by atomic mass is 32.2. The average Bonchev–Trinajstić information content (AvgIpc) is 3.60. The monoisotopic (exact) mass is 607 g/mol. The van der Waals surface area contributed by atoms with E-state index in [4.69, 9.17) is 9.72 Å². The molecule has 0 saturated carbocycles. The summed E-state index contributed by atoms with van der Waals surface area (Å²) >= 11 is 2.97. The highest BCUT2D eigenvalue weighted by Crippen LogP contribution is 2.45. The number of carbonyl (C=O) groups excluding carboxylic acids is 2. The highest BCUT2D eigenvalue weighted by Gasteiger charge is 2.29. The molecule has 0 atom stereocenters. The molecule has 0 unspecified atom stereocenters. The fraction of sp³-hybridized carbons (Fsp3) is 0.229. The van der Waals surface area contributed by atoms with E-state index in [0.717, 1.165) is 56.5 Å². The number of carbonyl (C=O) groups is 2. The maximum absolute atomic E-state index is 13.2. The maximum atomic E-state index is 13.2. The molecule has 43 heavy (non-hydrogen) atoms. The quantitative estimate of drug-likeness (QED) is 0.130. The normalized spacial score (nSPS) is 12.0. The largest absolute Gasteiger partial charge is 0.462 e. The van der Waals surface area contributed by atoms with Crippen molar-refractivity contribution >= 4 is 40.0 Å². The molecular weight excluding hydrogens is 575 g/mol. The Morgan fingerprint density at radius 1 is 0.953 bits per heavy atom. The minimum Gasteiger partial charge on any atom is -0.462 e. The van der Waals surface area contributed by atoms with Crippen molar-refractivity contribution in [2.24, 2.45) is 0 Å². The second-order valence-electron chi connectivity index (χ2n) is 10.6. The Bertz CT molecular complexity index is 1720. The van der Waals surface area contributed by atoms with Gasteiger partial charge in [-0.25, -0.2) is 9.78 Å². The summed E-state index contributed by atoms with van der Waals surface area (Å²) in [5.74, 6) is 0.00351.